The van der Waals surface area contributed by atoms with E-state index in [1.54, 1.807) is 6.07 Å². The number of aliphatic hydroxyl groups excluding tert-OH is 1. The second kappa shape index (κ2) is 7.30. The molecule has 0 bridgehead atoms. The third kappa shape index (κ3) is 4.11. The number of aliphatic hydroxyl groups is 1. The van der Waals surface area contributed by atoms with Gasteiger partial charge in [0.15, 0.2) is 0 Å². The second-order valence-electron chi connectivity index (χ2n) is 5.73. The summed E-state index contributed by atoms with van der Waals surface area (Å²) in [6.45, 7) is 4.06. The molecule has 1 aromatic rings. The Morgan fingerprint density at radius 1 is 1.40 bits per heavy atom. The molecule has 1 saturated carbocycles. The number of nitrogens with one attached hydrogen (secondary N) is 1. The lowest BCUT2D eigenvalue weighted by atomic mass is 9.67. The van der Waals surface area contributed by atoms with Crippen LogP contribution in [0.2, 0.25) is 5.02 Å². The van der Waals surface area contributed by atoms with Crippen LogP contribution in [0.15, 0.2) is 24.3 Å². The molecule has 1 unspecified atom stereocenters. The van der Waals surface area contributed by atoms with Crippen molar-refractivity contribution in [2.45, 2.75) is 38.7 Å². The van der Waals surface area contributed by atoms with Crippen LogP contribution in [0.5, 0.6) is 5.75 Å². The summed E-state index contributed by atoms with van der Waals surface area (Å²) in [5.74, 6) is 0.622. The molecule has 4 heteroatoms. The topological polar surface area (TPSA) is 41.5 Å². The molecule has 2 N–H and O–H groups in total. The smallest absolute Gasteiger partial charge is 0.138 e. The highest BCUT2D eigenvalue weighted by molar-refractivity contribution is 6.32. The van der Waals surface area contributed by atoms with Crippen LogP contribution in [0, 0.1) is 5.41 Å². The van der Waals surface area contributed by atoms with Gasteiger partial charge in [-0.2, -0.15) is 0 Å². The molecule has 0 amide bonds. The Morgan fingerprint density at radius 3 is 2.75 bits per heavy atom. The first kappa shape index (κ1) is 15.6. The van der Waals surface area contributed by atoms with E-state index in [4.69, 9.17) is 16.3 Å². The summed E-state index contributed by atoms with van der Waals surface area (Å²) in [5, 5.41) is 13.9. The van der Waals surface area contributed by atoms with E-state index >= 15 is 0 Å². The van der Waals surface area contributed by atoms with Gasteiger partial charge in [-0.1, -0.05) is 37.1 Å². The predicted molar refractivity (Wildman–Crippen MR) is 82.4 cm³/mol. The molecule has 1 atom stereocenters. The van der Waals surface area contributed by atoms with Crippen molar-refractivity contribution in [1.82, 2.24) is 5.32 Å². The number of para-hydroxylation sites is 1. The number of hydrogen-bond donors (Lipinski definition) is 2. The van der Waals surface area contributed by atoms with Crippen molar-refractivity contribution >= 4 is 11.6 Å². The van der Waals surface area contributed by atoms with Crippen molar-refractivity contribution < 1.29 is 9.84 Å². The molecular weight excluding hydrogens is 274 g/mol. The van der Waals surface area contributed by atoms with Crippen LogP contribution in [-0.4, -0.2) is 30.9 Å². The summed E-state index contributed by atoms with van der Waals surface area (Å²) >= 11 is 5.99. The molecule has 1 aliphatic carbocycles. The third-order valence-corrected chi connectivity index (χ3v) is 4.62. The summed E-state index contributed by atoms with van der Waals surface area (Å²) in [5.41, 5.74) is 0.476. The van der Waals surface area contributed by atoms with Crippen molar-refractivity contribution in [2.24, 2.45) is 5.41 Å². The van der Waals surface area contributed by atoms with Crippen LogP contribution in [0.3, 0.4) is 0 Å². The molecule has 3 nitrogen and oxygen atoms in total. The molecule has 1 aromatic carbocycles. The van der Waals surface area contributed by atoms with E-state index in [1.807, 2.05) is 18.2 Å². The molecule has 0 spiro atoms. The van der Waals surface area contributed by atoms with E-state index in [0.717, 1.165) is 6.54 Å². The minimum atomic E-state index is -0.514. The normalized spacial score (nSPS) is 18.4. The van der Waals surface area contributed by atoms with E-state index in [-0.39, 0.29) is 6.61 Å². The van der Waals surface area contributed by atoms with Crippen LogP contribution in [0.4, 0.5) is 0 Å². The van der Waals surface area contributed by atoms with Gasteiger partial charge in [0.2, 0.25) is 0 Å². The van der Waals surface area contributed by atoms with Gasteiger partial charge in [0, 0.05) is 13.1 Å². The Hall–Kier alpha value is -0.770. The average Bonchev–Trinajstić information content (AvgIpc) is 2.41. The minimum Gasteiger partial charge on any atom is -0.489 e. The lowest BCUT2D eigenvalue weighted by Crippen LogP contribution is -2.42. The third-order valence-electron chi connectivity index (χ3n) is 4.31. The number of rotatable bonds is 8. The maximum atomic E-state index is 9.93. The number of hydrogen-bond acceptors (Lipinski definition) is 3. The van der Waals surface area contributed by atoms with E-state index in [9.17, 15) is 5.11 Å². The Balaban J connectivity index is 1.65. The van der Waals surface area contributed by atoms with Crippen LogP contribution in [0.1, 0.15) is 32.6 Å². The van der Waals surface area contributed by atoms with Gasteiger partial charge in [0.05, 0.1) is 5.02 Å². The lowest BCUT2D eigenvalue weighted by Gasteiger charge is -2.41. The van der Waals surface area contributed by atoms with Gasteiger partial charge in [-0.25, -0.2) is 0 Å². The Labute approximate surface area is 126 Å². The number of benzene rings is 1. The van der Waals surface area contributed by atoms with E-state index in [2.05, 4.69) is 12.2 Å². The van der Waals surface area contributed by atoms with Crippen molar-refractivity contribution in [3.05, 3.63) is 29.3 Å². The van der Waals surface area contributed by atoms with Gasteiger partial charge in [0.1, 0.15) is 18.5 Å². The van der Waals surface area contributed by atoms with Crippen LogP contribution < -0.4 is 10.1 Å². The molecule has 0 aliphatic heterocycles. The quantitative estimate of drug-likeness (QED) is 0.774. The predicted octanol–water partition coefficient (Wildman–Crippen LogP) is 3.25. The van der Waals surface area contributed by atoms with Crippen molar-refractivity contribution in [1.29, 1.82) is 0 Å². The number of halogens is 1. The molecule has 2 rings (SSSR count). The molecule has 112 valence electrons. The van der Waals surface area contributed by atoms with Gasteiger partial charge in [-0.3, -0.25) is 0 Å². The van der Waals surface area contributed by atoms with E-state index in [0.29, 0.717) is 22.7 Å². The van der Waals surface area contributed by atoms with Gasteiger partial charge >= 0.3 is 0 Å². The molecule has 0 saturated heterocycles. The SMILES string of the molecule is CCC1(CNCC(O)COc2ccccc2Cl)CCC1. The fourth-order valence-corrected chi connectivity index (χ4v) is 2.83. The second-order valence-corrected chi connectivity index (χ2v) is 6.14. The zero-order valence-corrected chi connectivity index (χ0v) is 12.8. The highest BCUT2D eigenvalue weighted by Crippen LogP contribution is 2.42. The molecular formula is C16H24ClNO2. The zero-order chi connectivity index (χ0) is 14.4. The Morgan fingerprint density at radius 2 is 2.15 bits per heavy atom. The molecule has 20 heavy (non-hydrogen) atoms. The summed E-state index contributed by atoms with van der Waals surface area (Å²) < 4.78 is 5.53. The Bertz CT molecular complexity index is 415. The largest absolute Gasteiger partial charge is 0.489 e. The molecule has 0 heterocycles. The van der Waals surface area contributed by atoms with Crippen LogP contribution >= 0.6 is 11.6 Å². The maximum absolute atomic E-state index is 9.93. The summed E-state index contributed by atoms with van der Waals surface area (Å²) in [4.78, 5) is 0. The standard InChI is InChI=1S/C16H24ClNO2/c1-2-16(8-5-9-16)12-18-10-13(19)11-20-15-7-4-3-6-14(15)17/h3-4,6-7,13,18-19H,2,5,8-12H2,1H3. The summed E-state index contributed by atoms with van der Waals surface area (Å²) in [6.07, 6.45) is 4.66. The maximum Gasteiger partial charge on any atom is 0.138 e. The van der Waals surface area contributed by atoms with Gasteiger partial charge in [-0.05, 0) is 36.8 Å². The lowest BCUT2D eigenvalue weighted by molar-refractivity contribution is 0.0870. The highest BCUT2D eigenvalue weighted by atomic mass is 35.5. The van der Waals surface area contributed by atoms with Crippen LogP contribution in [0.25, 0.3) is 0 Å². The van der Waals surface area contributed by atoms with Gasteiger partial charge < -0.3 is 15.2 Å². The fraction of sp³-hybridized carbons (Fsp3) is 0.625. The van der Waals surface area contributed by atoms with Crippen molar-refractivity contribution in [3.63, 3.8) is 0 Å². The summed E-state index contributed by atoms with van der Waals surface area (Å²) in [6, 6.07) is 7.31. The first-order valence-corrected chi connectivity index (χ1v) is 7.79. The summed E-state index contributed by atoms with van der Waals surface area (Å²) in [7, 11) is 0. The average molecular weight is 298 g/mol. The highest BCUT2D eigenvalue weighted by Gasteiger charge is 2.34. The van der Waals surface area contributed by atoms with E-state index in [1.165, 1.54) is 25.7 Å². The number of ether oxygens (including phenoxy) is 1. The van der Waals surface area contributed by atoms with Gasteiger partial charge in [-0.15, -0.1) is 0 Å². The fourth-order valence-electron chi connectivity index (χ4n) is 2.64. The van der Waals surface area contributed by atoms with E-state index < -0.39 is 6.10 Å². The first-order chi connectivity index (χ1) is 9.65. The molecule has 1 aliphatic rings. The van der Waals surface area contributed by atoms with Crippen LogP contribution in [-0.2, 0) is 0 Å². The van der Waals surface area contributed by atoms with Crippen molar-refractivity contribution in [2.75, 3.05) is 19.7 Å². The van der Waals surface area contributed by atoms with Crippen molar-refractivity contribution in [3.8, 4) is 5.75 Å². The monoisotopic (exact) mass is 297 g/mol. The van der Waals surface area contributed by atoms with Gasteiger partial charge in [0.25, 0.3) is 0 Å². The molecule has 0 aromatic heterocycles. The molecule has 1 fully saturated rings. The minimum absolute atomic E-state index is 0.260. The Kier molecular flexibility index (Phi) is 5.70. The first-order valence-electron chi connectivity index (χ1n) is 7.41. The molecule has 0 radical (unpaired) electrons. The zero-order valence-electron chi connectivity index (χ0n) is 12.1.